The Hall–Kier alpha value is -4.10. The molecule has 16 nitrogen and oxygen atoms in total. The maximum Gasteiger partial charge on any atom is 0.352 e. The highest BCUT2D eigenvalue weighted by atomic mass is 32.2. The molecule has 0 radical (unpaired) electrons. The van der Waals surface area contributed by atoms with Gasteiger partial charge in [-0.15, -0.1) is 38.4 Å². The first-order valence-electron chi connectivity index (χ1n) is 10.7. The molecule has 5 rings (SSSR count). The molecule has 1 unspecified atom stereocenters. The van der Waals surface area contributed by atoms with Crippen LogP contribution in [0, 0.1) is 0 Å². The Bertz CT molecular complexity index is 1500. The average molecular weight is 576 g/mol. The van der Waals surface area contributed by atoms with Crippen LogP contribution in [0.2, 0.25) is 0 Å². The second kappa shape index (κ2) is 10.7. The molecular formula is C19H17N11O5S3. The third-order valence-corrected chi connectivity index (χ3v) is 8.08. The number of oxime groups is 1. The first kappa shape index (κ1) is 25.5. The minimum atomic E-state index is -1.24. The van der Waals surface area contributed by atoms with Crippen LogP contribution < -0.4 is 11.1 Å². The Kier molecular flexibility index (Phi) is 7.20. The predicted octanol–water partition coefficient (Wildman–Crippen LogP) is -0.609. The summed E-state index contributed by atoms with van der Waals surface area (Å²) in [5.41, 5.74) is 6.25. The van der Waals surface area contributed by atoms with E-state index in [9.17, 15) is 19.5 Å². The van der Waals surface area contributed by atoms with Crippen LogP contribution in [0.15, 0.2) is 46.2 Å². The van der Waals surface area contributed by atoms with Gasteiger partial charge in [-0.3, -0.25) is 14.5 Å². The summed E-state index contributed by atoms with van der Waals surface area (Å²) in [7, 11) is 0. The van der Waals surface area contributed by atoms with Gasteiger partial charge in [0.25, 0.3) is 11.8 Å². The van der Waals surface area contributed by atoms with Gasteiger partial charge in [0.2, 0.25) is 11.5 Å². The molecule has 0 bridgehead atoms. The third-order valence-electron chi connectivity index (χ3n) is 5.19. The number of thioether (sulfide) groups is 2. The number of rotatable bonds is 10. The number of carbonyl (C=O) groups is 3. The Morgan fingerprint density at radius 3 is 3.00 bits per heavy atom. The molecule has 0 aliphatic carbocycles. The van der Waals surface area contributed by atoms with Crippen LogP contribution in [0.1, 0.15) is 5.82 Å². The van der Waals surface area contributed by atoms with E-state index < -0.39 is 29.2 Å². The molecule has 2 amide bonds. The second-order valence-electron chi connectivity index (χ2n) is 7.59. The Balaban J connectivity index is 1.30. The monoisotopic (exact) mass is 575 g/mol. The minimum absolute atomic E-state index is 0.0255. The fourth-order valence-electron chi connectivity index (χ4n) is 3.54. The first-order chi connectivity index (χ1) is 18.4. The number of carboxylic acids is 1. The molecule has 38 heavy (non-hydrogen) atoms. The van der Waals surface area contributed by atoms with Gasteiger partial charge in [-0.1, -0.05) is 17.8 Å². The summed E-state index contributed by atoms with van der Waals surface area (Å²) >= 11 is 3.49. The smallest absolute Gasteiger partial charge is 0.352 e. The summed E-state index contributed by atoms with van der Waals surface area (Å²) < 4.78 is 5.24. The lowest BCUT2D eigenvalue weighted by Crippen LogP contribution is -2.71. The zero-order valence-corrected chi connectivity index (χ0v) is 21.6. The molecule has 4 N–H and O–H groups in total. The second-order valence-corrected chi connectivity index (χ2v) is 10.5. The molecule has 0 spiro atoms. The minimum Gasteiger partial charge on any atom is -0.477 e. The van der Waals surface area contributed by atoms with Crippen LogP contribution >= 0.6 is 35.1 Å². The molecule has 2 atom stereocenters. The number of β-lactam (4-membered cyclic amide) rings is 1. The molecule has 1 saturated heterocycles. The molecular weight excluding hydrogens is 558 g/mol. The number of nitrogens with two attached hydrogens (primary N) is 1. The molecule has 2 aliphatic heterocycles. The number of fused-ring (bicyclic) bond motifs is 2. The number of aliphatic carboxylic acids is 1. The van der Waals surface area contributed by atoms with Crippen molar-refractivity contribution < 1.29 is 24.3 Å². The van der Waals surface area contributed by atoms with Gasteiger partial charge in [0.1, 0.15) is 28.7 Å². The lowest BCUT2D eigenvalue weighted by Gasteiger charge is -2.49. The predicted molar refractivity (Wildman–Crippen MR) is 136 cm³/mol. The highest BCUT2D eigenvalue weighted by Crippen LogP contribution is 2.41. The van der Waals surface area contributed by atoms with Crippen molar-refractivity contribution in [2.75, 3.05) is 23.8 Å². The maximum atomic E-state index is 13.0. The van der Waals surface area contributed by atoms with Crippen molar-refractivity contribution in [1.82, 2.24) is 44.8 Å². The van der Waals surface area contributed by atoms with Crippen LogP contribution in [0.4, 0.5) is 5.13 Å². The van der Waals surface area contributed by atoms with Crippen molar-refractivity contribution >= 4 is 69.3 Å². The normalized spacial score (nSPS) is 19.2. The summed E-state index contributed by atoms with van der Waals surface area (Å²) in [6.07, 6.45) is 1.43. The Labute approximate surface area is 225 Å². The van der Waals surface area contributed by atoms with E-state index in [4.69, 9.17) is 10.6 Å². The van der Waals surface area contributed by atoms with Crippen molar-refractivity contribution in [2.24, 2.45) is 5.16 Å². The molecule has 5 heterocycles. The van der Waals surface area contributed by atoms with E-state index in [0.29, 0.717) is 22.0 Å². The van der Waals surface area contributed by atoms with Gasteiger partial charge < -0.3 is 21.0 Å². The molecule has 0 aromatic carbocycles. The fourth-order valence-corrected chi connectivity index (χ4v) is 6.32. The van der Waals surface area contributed by atoms with Gasteiger partial charge in [-0.2, -0.15) is 9.36 Å². The van der Waals surface area contributed by atoms with Crippen LogP contribution in [-0.2, 0) is 19.2 Å². The molecule has 3 aromatic heterocycles. The van der Waals surface area contributed by atoms with Gasteiger partial charge in [-0.25, -0.2) is 4.79 Å². The number of amides is 2. The lowest BCUT2D eigenvalue weighted by atomic mass is 10.0. The lowest BCUT2D eigenvalue weighted by molar-refractivity contribution is -0.150. The van der Waals surface area contributed by atoms with E-state index in [1.165, 1.54) is 39.1 Å². The van der Waals surface area contributed by atoms with E-state index in [1.807, 2.05) is 0 Å². The van der Waals surface area contributed by atoms with Crippen LogP contribution in [0.25, 0.3) is 5.65 Å². The number of tetrazole rings is 1. The number of anilines is 1. The van der Waals surface area contributed by atoms with Crippen LogP contribution in [0.5, 0.6) is 0 Å². The summed E-state index contributed by atoms with van der Waals surface area (Å²) in [4.78, 5) is 48.3. The summed E-state index contributed by atoms with van der Waals surface area (Å²) in [6, 6.07) is 2.43. The van der Waals surface area contributed by atoms with Crippen molar-refractivity contribution in [3.63, 3.8) is 0 Å². The number of aromatic nitrogens is 7. The molecule has 3 aromatic rings. The van der Waals surface area contributed by atoms with E-state index in [-0.39, 0.29) is 34.7 Å². The highest BCUT2D eigenvalue weighted by Gasteiger charge is 2.54. The number of nitrogen functional groups attached to an aromatic ring is 1. The number of hydrogen-bond donors (Lipinski definition) is 3. The van der Waals surface area contributed by atoms with Crippen molar-refractivity contribution in [2.45, 2.75) is 16.4 Å². The molecule has 2 aliphatic rings. The standard InChI is InChI=1S/C19H17N11O5S3/c1-2-5-35-25-11(14-22-19(20)38-26-14)15(31)21-12-16(32)29-13(18(33)34)8(7-37-17(12)29)6-36-10-4-3-9-23-27-28-30(9)24-10/h2-4,12,17H,1,5-7H2,(H,21,31)(H,33,34)(H2,20,22,26)/t12?,17-/m1/s1. The van der Waals surface area contributed by atoms with E-state index in [2.05, 4.69) is 47.0 Å². The number of nitrogens with one attached hydrogen (secondary N) is 1. The third kappa shape index (κ3) is 4.89. The van der Waals surface area contributed by atoms with E-state index in [0.717, 1.165) is 11.5 Å². The van der Waals surface area contributed by atoms with E-state index in [1.54, 1.807) is 12.1 Å². The topological polar surface area (TPSA) is 216 Å². The van der Waals surface area contributed by atoms with Crippen LogP contribution in [0.3, 0.4) is 0 Å². The number of nitrogens with zero attached hydrogens (tertiary/aromatic N) is 9. The number of hydrogen-bond acceptors (Lipinski definition) is 15. The Morgan fingerprint density at radius 1 is 1.42 bits per heavy atom. The molecule has 1 fully saturated rings. The zero-order chi connectivity index (χ0) is 26.8. The largest absolute Gasteiger partial charge is 0.477 e. The quantitative estimate of drug-likeness (QED) is 0.0686. The van der Waals surface area contributed by atoms with Gasteiger partial charge in [0.15, 0.2) is 10.8 Å². The van der Waals surface area contributed by atoms with Gasteiger partial charge >= 0.3 is 5.97 Å². The van der Waals surface area contributed by atoms with Gasteiger partial charge in [0.05, 0.1) is 0 Å². The zero-order valence-electron chi connectivity index (χ0n) is 19.1. The number of carbonyl (C=O) groups excluding carboxylic acids is 2. The highest BCUT2D eigenvalue weighted by molar-refractivity contribution is 8.01. The molecule has 0 saturated carbocycles. The van der Waals surface area contributed by atoms with Crippen molar-refractivity contribution in [3.8, 4) is 0 Å². The maximum absolute atomic E-state index is 13.0. The Morgan fingerprint density at radius 2 is 2.26 bits per heavy atom. The van der Waals surface area contributed by atoms with Gasteiger partial charge in [0, 0.05) is 23.0 Å². The molecule has 196 valence electrons. The average Bonchev–Trinajstić information content (AvgIpc) is 3.56. The van der Waals surface area contributed by atoms with Crippen molar-refractivity contribution in [1.29, 1.82) is 0 Å². The summed E-state index contributed by atoms with van der Waals surface area (Å²) in [5.74, 6) is -2.03. The molecule has 19 heteroatoms. The summed E-state index contributed by atoms with van der Waals surface area (Å²) in [5, 5.41) is 31.7. The fraction of sp³-hybridized carbons (Fsp3) is 0.263. The number of carboxylic acid groups (broad SMARTS) is 1. The SMILES string of the molecule is C=CCON=C(C(=O)NC1C(=O)N2C(C(=O)O)=C(CSc3ccc4nnnn4n3)CS[C@H]12)c1nsc(N)n1. The van der Waals surface area contributed by atoms with Gasteiger partial charge in [-0.05, 0) is 28.1 Å². The van der Waals surface area contributed by atoms with E-state index >= 15 is 0 Å². The van der Waals surface area contributed by atoms with Crippen molar-refractivity contribution in [3.05, 3.63) is 41.9 Å². The first-order valence-corrected chi connectivity index (χ1v) is 13.5. The summed E-state index contributed by atoms with van der Waals surface area (Å²) in [6.45, 7) is 3.54. The van der Waals surface area contributed by atoms with Crippen LogP contribution in [-0.4, -0.2) is 97.6 Å².